The highest BCUT2D eigenvalue weighted by atomic mass is 16.5. The van der Waals surface area contributed by atoms with Crippen molar-refractivity contribution in [2.45, 2.75) is 73.0 Å². The number of benzene rings is 8. The molecule has 434 valence electrons. The molecule has 0 amide bonds. The van der Waals surface area contributed by atoms with Crippen LogP contribution >= 0.6 is 0 Å². The lowest BCUT2D eigenvalue weighted by Gasteiger charge is -2.43. The number of fused-ring (bicyclic) bond motifs is 4. The van der Waals surface area contributed by atoms with Crippen LogP contribution in [0.25, 0.3) is 0 Å². The zero-order valence-electron chi connectivity index (χ0n) is 43.0. The second kappa shape index (κ2) is 19.7. The largest absolute Gasteiger partial charge is 0.508 e. The molecule has 4 aliphatic heterocycles. The summed E-state index contributed by atoms with van der Waals surface area (Å²) in [7, 11) is 0. The van der Waals surface area contributed by atoms with Gasteiger partial charge in [-0.3, -0.25) is 0 Å². The van der Waals surface area contributed by atoms with E-state index in [2.05, 4.69) is 0 Å². The van der Waals surface area contributed by atoms with Crippen molar-refractivity contribution in [2.24, 2.45) is 0 Å². The minimum Gasteiger partial charge on any atom is -0.508 e. The highest BCUT2D eigenvalue weighted by Gasteiger charge is 2.53. The zero-order valence-corrected chi connectivity index (χ0v) is 43.0. The molecule has 4 aliphatic rings. The van der Waals surface area contributed by atoms with Gasteiger partial charge in [-0.25, -0.2) is 0 Å². The molecule has 0 aliphatic carbocycles. The van der Waals surface area contributed by atoms with Crippen molar-refractivity contribution in [2.75, 3.05) is 0 Å². The van der Waals surface area contributed by atoms with E-state index in [1.165, 1.54) is 24.3 Å². The van der Waals surface area contributed by atoms with Crippen molar-refractivity contribution >= 4 is 0 Å². The predicted molar refractivity (Wildman–Crippen MR) is 285 cm³/mol. The number of hydrogen-bond acceptors (Lipinski definition) is 24. The molecule has 0 unspecified atom stereocenters. The van der Waals surface area contributed by atoms with Gasteiger partial charge in [0.2, 0.25) is 0 Å². The number of aromatic hydroxyl groups is 16. The van der Waals surface area contributed by atoms with Crippen LogP contribution in [0.2, 0.25) is 0 Å². The molecule has 0 aromatic heterocycles. The third kappa shape index (κ3) is 8.44. The molecule has 24 nitrogen and oxygen atoms in total. The summed E-state index contributed by atoms with van der Waals surface area (Å²) in [4.78, 5) is 0. The fourth-order valence-corrected chi connectivity index (χ4v) is 12.2. The molecule has 0 saturated heterocycles. The number of aliphatic hydroxyl groups is 4. The van der Waals surface area contributed by atoms with E-state index in [0.29, 0.717) is 0 Å². The van der Waals surface area contributed by atoms with E-state index in [1.807, 2.05) is 0 Å². The number of phenolic OH excluding ortho intramolecular Hbond substituents is 16. The highest BCUT2D eigenvalue weighted by molar-refractivity contribution is 5.73. The maximum Gasteiger partial charge on any atom is 0.157 e. The van der Waals surface area contributed by atoms with Crippen LogP contribution in [0.1, 0.15) is 103 Å². The van der Waals surface area contributed by atoms with E-state index in [4.69, 9.17) is 18.9 Å². The fourth-order valence-electron chi connectivity index (χ4n) is 12.2. The van der Waals surface area contributed by atoms with Crippen LogP contribution in [0.5, 0.6) is 115 Å². The lowest BCUT2D eigenvalue weighted by molar-refractivity contribution is -0.00597. The van der Waals surface area contributed by atoms with Gasteiger partial charge >= 0.3 is 0 Å². The topological polar surface area (TPSA) is 442 Å². The SMILES string of the molecule is Oc1cc(O)c2c(c1)O[C@H](c1ccc(O)c(O)c1)[C@@H](O)[C@@H]2c1c(O)cc2c(c1O)[C@H](c1c(O)cc(O)c3c1O[C@H](c1ccc(O)c(O)c1)[C@H](O)[C@H]3c1c(O)cc(O)c3c1O[C@H](c1ccc(O)c(O)c1)[C@H](O)C3)[C@@H](O)[C@@H](c1ccc(O)c(O)c1)O2. The average molecular weight is 1160 g/mol. The monoisotopic (exact) mass is 1150 g/mol. The van der Waals surface area contributed by atoms with E-state index < -0.39 is 210 Å². The first-order valence-corrected chi connectivity index (χ1v) is 25.7. The van der Waals surface area contributed by atoms with Gasteiger partial charge in [-0.2, -0.15) is 0 Å². The molecular weight excluding hydrogens is 1100 g/mol. The maximum atomic E-state index is 13.1. The van der Waals surface area contributed by atoms with Crippen LogP contribution in [-0.2, 0) is 6.42 Å². The first-order valence-electron chi connectivity index (χ1n) is 25.7. The molecule has 8 aromatic rings. The third-order valence-electron chi connectivity index (χ3n) is 16.0. The van der Waals surface area contributed by atoms with Crippen LogP contribution in [0.3, 0.4) is 0 Å². The minimum absolute atomic E-state index is 0.00596. The van der Waals surface area contributed by atoms with Gasteiger partial charge in [0, 0.05) is 75.7 Å². The average Bonchev–Trinajstić information content (AvgIpc) is 1.08. The molecular formula is C60H50O24. The molecule has 12 rings (SSSR count). The predicted octanol–water partition coefficient (Wildman–Crippen LogP) is 5.89. The Morgan fingerprint density at radius 1 is 0.286 bits per heavy atom. The third-order valence-corrected chi connectivity index (χ3v) is 16.0. The number of rotatable bonds is 7. The van der Waals surface area contributed by atoms with Gasteiger partial charge in [-0.05, 0) is 70.8 Å². The smallest absolute Gasteiger partial charge is 0.157 e. The summed E-state index contributed by atoms with van der Waals surface area (Å²) in [6.07, 6.45) is -14.7. The molecule has 20 N–H and O–H groups in total. The summed E-state index contributed by atoms with van der Waals surface area (Å²) >= 11 is 0. The minimum atomic E-state index is -2.15. The van der Waals surface area contributed by atoms with Crippen molar-refractivity contribution in [3.63, 3.8) is 0 Å². The first kappa shape index (κ1) is 54.2. The molecule has 0 radical (unpaired) electrons. The van der Waals surface area contributed by atoms with Crippen LogP contribution in [0.4, 0.5) is 0 Å². The second-order valence-electron chi connectivity index (χ2n) is 21.0. The van der Waals surface area contributed by atoms with Crippen molar-refractivity contribution in [1.29, 1.82) is 0 Å². The van der Waals surface area contributed by atoms with Crippen LogP contribution < -0.4 is 18.9 Å². The Morgan fingerprint density at radius 2 is 0.643 bits per heavy atom. The van der Waals surface area contributed by atoms with E-state index in [-0.39, 0.29) is 39.1 Å². The van der Waals surface area contributed by atoms with Crippen LogP contribution in [-0.4, -0.2) is 127 Å². The molecule has 84 heavy (non-hydrogen) atoms. The Labute approximate surface area is 472 Å². The molecule has 11 atom stereocenters. The Balaban J connectivity index is 1.13. The summed E-state index contributed by atoms with van der Waals surface area (Å²) in [5.41, 5.74) is -3.30. The second-order valence-corrected chi connectivity index (χ2v) is 21.0. The van der Waals surface area contributed by atoms with Crippen molar-refractivity contribution in [3.8, 4) is 115 Å². The normalized spacial score (nSPS) is 24.0. The van der Waals surface area contributed by atoms with E-state index in [1.54, 1.807) is 0 Å². The quantitative estimate of drug-likeness (QED) is 0.0827. The van der Waals surface area contributed by atoms with Gasteiger partial charge in [0.1, 0.15) is 93.4 Å². The van der Waals surface area contributed by atoms with Gasteiger partial charge in [-0.1, -0.05) is 24.3 Å². The summed E-state index contributed by atoms with van der Waals surface area (Å²) in [5.74, 6) is -19.0. The standard InChI is InChI=1S/C60H50O24/c61-23-13-34(71)42-40(14-23)81-56(20-2-6-26(63)31(68)10-20)52(78)48(42)43-38(75)18-41-47(51(43)77)50(54(80)57(82-41)21-3-7-27(64)32(69)11-21)46-37(74)17-36(73)45-49(53(79)58(84-60(45)46)22-4-8-28(65)33(70)12-22)44-35(72)16-29(66)24-15-39(76)55(83-59(24)44)19-1-5-25(62)30(67)9-19/h1-14,16-18,39,48-50,52-58,61-80H,15H2/t39-,48+,49+,50+,52+,53-,54-,55-,56-,57-,58-/m1/s1. The zero-order chi connectivity index (χ0) is 59.8. The Hall–Kier alpha value is -10.4. The van der Waals surface area contributed by atoms with E-state index >= 15 is 0 Å². The Bertz CT molecular complexity index is 4030. The number of phenols is 16. The molecule has 0 fully saturated rings. The maximum absolute atomic E-state index is 13.1. The summed E-state index contributed by atoms with van der Waals surface area (Å²) in [5, 5.41) is 229. The highest BCUT2D eigenvalue weighted by Crippen LogP contribution is 2.64. The molecule has 0 spiro atoms. The molecule has 0 bridgehead atoms. The summed E-state index contributed by atoms with van der Waals surface area (Å²) < 4.78 is 25.5. The van der Waals surface area contributed by atoms with Gasteiger partial charge in [0.25, 0.3) is 0 Å². The number of aliphatic hydroxyl groups excluding tert-OH is 4. The van der Waals surface area contributed by atoms with Crippen LogP contribution in [0.15, 0.2) is 103 Å². The summed E-state index contributed by atoms with van der Waals surface area (Å²) in [6, 6.07) is 17.9. The Morgan fingerprint density at radius 3 is 1.11 bits per heavy atom. The van der Waals surface area contributed by atoms with Gasteiger partial charge < -0.3 is 121 Å². The van der Waals surface area contributed by atoms with Gasteiger partial charge in [-0.15, -0.1) is 0 Å². The van der Waals surface area contributed by atoms with Crippen molar-refractivity contribution in [1.82, 2.24) is 0 Å². The lowest BCUT2D eigenvalue weighted by Crippen LogP contribution is -2.39. The fraction of sp³-hybridized carbons (Fsp3) is 0.200. The van der Waals surface area contributed by atoms with Crippen molar-refractivity contribution < 1.29 is 121 Å². The van der Waals surface area contributed by atoms with Gasteiger partial charge in [0.05, 0.1) is 23.9 Å². The van der Waals surface area contributed by atoms with Crippen LogP contribution in [0, 0.1) is 0 Å². The van der Waals surface area contributed by atoms with Gasteiger partial charge in [0.15, 0.2) is 64.3 Å². The molecule has 0 saturated carbocycles. The molecule has 4 heterocycles. The lowest BCUT2D eigenvalue weighted by atomic mass is 9.72. The Kier molecular flexibility index (Phi) is 12.7. The summed E-state index contributed by atoms with van der Waals surface area (Å²) in [6.45, 7) is 0. The van der Waals surface area contributed by atoms with Crippen molar-refractivity contribution in [3.05, 3.63) is 164 Å². The number of ether oxygens (including phenoxy) is 4. The first-order chi connectivity index (χ1) is 39.9. The van der Waals surface area contributed by atoms with E-state index in [9.17, 15) is 102 Å². The molecule has 24 heteroatoms. The molecule has 8 aromatic carbocycles. The van der Waals surface area contributed by atoms with E-state index in [0.717, 1.165) is 78.9 Å². The number of hydrogen-bond donors (Lipinski definition) is 20.